The highest BCUT2D eigenvalue weighted by Gasteiger charge is 2.43. The van der Waals surface area contributed by atoms with Crippen molar-refractivity contribution in [3.63, 3.8) is 0 Å². The van der Waals surface area contributed by atoms with E-state index in [4.69, 9.17) is 5.73 Å². The summed E-state index contributed by atoms with van der Waals surface area (Å²) < 4.78 is 0. The number of hydrogen-bond donors (Lipinski definition) is 2. The molecule has 18 heavy (non-hydrogen) atoms. The van der Waals surface area contributed by atoms with Crippen molar-refractivity contribution in [1.29, 1.82) is 0 Å². The fraction of sp³-hybridized carbons (Fsp3) is 0.643. The summed E-state index contributed by atoms with van der Waals surface area (Å²) in [6.45, 7) is 0.849. The van der Waals surface area contributed by atoms with E-state index in [0.717, 1.165) is 50.8 Å². The Morgan fingerprint density at radius 2 is 2.17 bits per heavy atom. The molecule has 1 saturated heterocycles. The first kappa shape index (κ1) is 11.8. The molecule has 4 nitrogen and oxygen atoms in total. The maximum absolute atomic E-state index is 12.7. The molecule has 0 aromatic carbocycles. The van der Waals surface area contributed by atoms with Crippen molar-refractivity contribution in [3.05, 3.63) is 24.0 Å². The van der Waals surface area contributed by atoms with Gasteiger partial charge in [0.05, 0.1) is 11.6 Å². The molecule has 3 N–H and O–H groups in total. The summed E-state index contributed by atoms with van der Waals surface area (Å²) in [7, 11) is 0. The molecule has 3 rings (SSSR count). The van der Waals surface area contributed by atoms with Crippen LogP contribution in [-0.2, 0) is 4.79 Å². The maximum atomic E-state index is 12.7. The average Bonchev–Trinajstić information content (AvgIpc) is 3.09. The predicted octanol–water partition coefficient (Wildman–Crippen LogP) is 1.95. The number of amides is 1. The molecule has 1 aliphatic carbocycles. The second-order valence-electron chi connectivity index (χ2n) is 5.65. The Hall–Kier alpha value is -1.29. The summed E-state index contributed by atoms with van der Waals surface area (Å²) in [5.41, 5.74) is 6.85. The van der Waals surface area contributed by atoms with Crippen LogP contribution in [0.3, 0.4) is 0 Å². The molecule has 0 radical (unpaired) electrons. The second-order valence-corrected chi connectivity index (χ2v) is 5.65. The number of rotatable bonds is 2. The number of H-pyrrole nitrogens is 1. The molecule has 0 spiro atoms. The first-order valence-corrected chi connectivity index (χ1v) is 6.94. The highest BCUT2D eigenvalue weighted by Crippen LogP contribution is 2.36. The number of aromatic amines is 1. The van der Waals surface area contributed by atoms with Gasteiger partial charge in [0.15, 0.2) is 0 Å². The van der Waals surface area contributed by atoms with Gasteiger partial charge in [-0.2, -0.15) is 0 Å². The zero-order chi connectivity index (χ0) is 12.6. The Kier molecular flexibility index (Phi) is 2.90. The Balaban J connectivity index is 1.80. The summed E-state index contributed by atoms with van der Waals surface area (Å²) in [6.07, 6.45) is 7.91. The Bertz CT molecular complexity index is 420. The molecule has 1 saturated carbocycles. The zero-order valence-electron chi connectivity index (χ0n) is 10.7. The van der Waals surface area contributed by atoms with Crippen LogP contribution in [0.15, 0.2) is 18.3 Å². The quantitative estimate of drug-likeness (QED) is 0.839. The maximum Gasteiger partial charge on any atom is 0.243 e. The summed E-state index contributed by atoms with van der Waals surface area (Å²) in [6, 6.07) is 4.26. The number of nitrogens with two attached hydrogens (primary N) is 1. The Labute approximate surface area is 108 Å². The van der Waals surface area contributed by atoms with Gasteiger partial charge in [-0.25, -0.2) is 0 Å². The van der Waals surface area contributed by atoms with Gasteiger partial charge in [0.2, 0.25) is 5.91 Å². The van der Waals surface area contributed by atoms with E-state index in [9.17, 15) is 4.79 Å². The molecular weight excluding hydrogens is 226 g/mol. The van der Waals surface area contributed by atoms with Crippen molar-refractivity contribution < 1.29 is 4.79 Å². The molecule has 1 aromatic rings. The minimum Gasteiger partial charge on any atom is -0.363 e. The van der Waals surface area contributed by atoms with E-state index in [0.29, 0.717) is 0 Å². The van der Waals surface area contributed by atoms with Gasteiger partial charge in [0.1, 0.15) is 0 Å². The van der Waals surface area contributed by atoms with Crippen LogP contribution in [0, 0.1) is 0 Å². The van der Waals surface area contributed by atoms with Crippen LogP contribution in [0.2, 0.25) is 0 Å². The van der Waals surface area contributed by atoms with Crippen LogP contribution in [0.1, 0.15) is 50.3 Å². The molecule has 0 bridgehead atoms. The van der Waals surface area contributed by atoms with Crippen LogP contribution in [0.4, 0.5) is 0 Å². The number of carbonyl (C=O) groups excluding carboxylic acids is 1. The summed E-state index contributed by atoms with van der Waals surface area (Å²) in [5.74, 6) is 0.164. The summed E-state index contributed by atoms with van der Waals surface area (Å²) >= 11 is 0. The van der Waals surface area contributed by atoms with Crippen molar-refractivity contribution in [2.75, 3.05) is 6.54 Å². The number of carbonyl (C=O) groups is 1. The van der Waals surface area contributed by atoms with Gasteiger partial charge in [-0.05, 0) is 37.8 Å². The van der Waals surface area contributed by atoms with Crippen LogP contribution >= 0.6 is 0 Å². The largest absolute Gasteiger partial charge is 0.363 e. The molecule has 1 aliphatic heterocycles. The minimum atomic E-state index is -0.588. The highest BCUT2D eigenvalue weighted by atomic mass is 16.2. The summed E-state index contributed by atoms with van der Waals surface area (Å²) in [4.78, 5) is 17.9. The van der Waals surface area contributed by atoms with E-state index < -0.39 is 5.54 Å². The standard InChI is InChI=1S/C14H21N3O/c15-14(7-1-2-8-14)13(18)17-10-4-6-12(17)11-5-3-9-16-11/h3,5,9,12,16H,1-2,4,6-8,10,15H2. The first-order valence-electron chi connectivity index (χ1n) is 6.94. The third-order valence-corrected chi connectivity index (χ3v) is 4.42. The van der Waals surface area contributed by atoms with Gasteiger partial charge in [-0.3, -0.25) is 4.79 Å². The second kappa shape index (κ2) is 4.43. The number of aromatic nitrogens is 1. The van der Waals surface area contributed by atoms with E-state index in [1.54, 1.807) is 0 Å². The average molecular weight is 247 g/mol. The number of nitrogens with one attached hydrogen (secondary N) is 1. The number of likely N-dealkylation sites (tertiary alicyclic amines) is 1. The van der Waals surface area contributed by atoms with Crippen molar-refractivity contribution >= 4 is 5.91 Å². The van der Waals surface area contributed by atoms with Crippen molar-refractivity contribution in [1.82, 2.24) is 9.88 Å². The smallest absolute Gasteiger partial charge is 0.243 e. The van der Waals surface area contributed by atoms with Gasteiger partial charge in [0, 0.05) is 18.4 Å². The fourth-order valence-electron chi connectivity index (χ4n) is 3.39. The van der Waals surface area contributed by atoms with Crippen molar-refractivity contribution in [2.45, 2.75) is 50.1 Å². The van der Waals surface area contributed by atoms with E-state index in [2.05, 4.69) is 11.1 Å². The number of nitrogens with zero attached hydrogens (tertiary/aromatic N) is 1. The Morgan fingerprint density at radius 1 is 1.39 bits per heavy atom. The van der Waals surface area contributed by atoms with Crippen molar-refractivity contribution in [2.24, 2.45) is 5.73 Å². The van der Waals surface area contributed by atoms with E-state index in [1.807, 2.05) is 17.2 Å². The Morgan fingerprint density at radius 3 is 2.83 bits per heavy atom. The van der Waals surface area contributed by atoms with E-state index in [-0.39, 0.29) is 11.9 Å². The topological polar surface area (TPSA) is 62.1 Å². The number of hydrogen-bond acceptors (Lipinski definition) is 2. The molecule has 98 valence electrons. The third kappa shape index (κ3) is 1.85. The van der Waals surface area contributed by atoms with E-state index in [1.165, 1.54) is 0 Å². The first-order chi connectivity index (χ1) is 8.71. The molecule has 2 aliphatic rings. The lowest BCUT2D eigenvalue weighted by Crippen LogP contribution is -2.53. The lowest BCUT2D eigenvalue weighted by molar-refractivity contribution is -0.137. The molecule has 2 fully saturated rings. The van der Waals surface area contributed by atoms with Gasteiger partial charge in [-0.1, -0.05) is 12.8 Å². The van der Waals surface area contributed by atoms with Crippen LogP contribution in [0.25, 0.3) is 0 Å². The SMILES string of the molecule is NC1(C(=O)N2CCCC2c2ccc[nH]2)CCCC1. The van der Waals surface area contributed by atoms with Crippen LogP contribution < -0.4 is 5.73 Å². The normalized spacial score (nSPS) is 26.7. The third-order valence-electron chi connectivity index (χ3n) is 4.42. The lowest BCUT2D eigenvalue weighted by Gasteiger charge is -2.32. The fourth-order valence-corrected chi connectivity index (χ4v) is 3.39. The molecule has 1 amide bonds. The van der Waals surface area contributed by atoms with E-state index >= 15 is 0 Å². The highest BCUT2D eigenvalue weighted by molar-refractivity contribution is 5.87. The molecule has 2 heterocycles. The van der Waals surface area contributed by atoms with Gasteiger partial charge in [0.25, 0.3) is 0 Å². The van der Waals surface area contributed by atoms with Gasteiger partial charge in [-0.15, -0.1) is 0 Å². The molecule has 1 aromatic heterocycles. The lowest BCUT2D eigenvalue weighted by atomic mass is 9.96. The van der Waals surface area contributed by atoms with Crippen molar-refractivity contribution in [3.8, 4) is 0 Å². The summed E-state index contributed by atoms with van der Waals surface area (Å²) in [5, 5.41) is 0. The monoisotopic (exact) mass is 247 g/mol. The molecular formula is C14H21N3O. The van der Waals surface area contributed by atoms with Crippen LogP contribution in [-0.4, -0.2) is 27.9 Å². The molecule has 4 heteroatoms. The predicted molar refractivity (Wildman–Crippen MR) is 69.9 cm³/mol. The van der Waals surface area contributed by atoms with Gasteiger partial charge < -0.3 is 15.6 Å². The molecule has 1 atom stereocenters. The zero-order valence-corrected chi connectivity index (χ0v) is 10.7. The molecule has 1 unspecified atom stereocenters. The minimum absolute atomic E-state index is 0.164. The van der Waals surface area contributed by atoms with Crippen LogP contribution in [0.5, 0.6) is 0 Å². The van der Waals surface area contributed by atoms with Gasteiger partial charge >= 0.3 is 0 Å².